The summed E-state index contributed by atoms with van der Waals surface area (Å²) in [5.74, 6) is -0.0585. The number of benzene rings is 2. The van der Waals surface area contributed by atoms with Crippen molar-refractivity contribution in [2.24, 2.45) is 0 Å². The van der Waals surface area contributed by atoms with E-state index in [1.165, 1.54) is 13.2 Å². The minimum absolute atomic E-state index is 0.167. The lowest BCUT2D eigenvalue weighted by Gasteiger charge is -2.09. The normalized spacial score (nSPS) is 10.7. The van der Waals surface area contributed by atoms with Crippen LogP contribution in [0.1, 0.15) is 27.6 Å². The Hall–Kier alpha value is -4.11. The Bertz CT molecular complexity index is 1420. The van der Waals surface area contributed by atoms with Crippen LogP contribution in [0.5, 0.6) is 11.5 Å². The Morgan fingerprint density at radius 1 is 1.00 bits per heavy atom. The standard InChI is InChI=1S/C25H21NO7S/c1-4-32-25(29)21-19(14-5-7-16(30-2)8-6-14)13-34-23(21)26-22(27)18-12-15-11-17(31-3)9-10-20(15)33-24(18)28/h5-13H,4H2,1-3H3,(H,26,27). The summed E-state index contributed by atoms with van der Waals surface area (Å²) in [6.45, 7) is 1.87. The number of anilines is 1. The van der Waals surface area contributed by atoms with Gasteiger partial charge in [-0.3, -0.25) is 4.79 Å². The minimum Gasteiger partial charge on any atom is -0.497 e. The first-order valence-corrected chi connectivity index (χ1v) is 11.2. The zero-order chi connectivity index (χ0) is 24.2. The molecule has 4 aromatic rings. The van der Waals surface area contributed by atoms with Crippen molar-refractivity contribution in [2.75, 3.05) is 26.1 Å². The molecule has 0 aliphatic carbocycles. The van der Waals surface area contributed by atoms with Gasteiger partial charge in [-0.1, -0.05) is 12.1 Å². The van der Waals surface area contributed by atoms with Crippen LogP contribution in [0, 0.1) is 0 Å². The summed E-state index contributed by atoms with van der Waals surface area (Å²) in [6, 6.07) is 13.5. The highest BCUT2D eigenvalue weighted by Crippen LogP contribution is 2.37. The Morgan fingerprint density at radius 3 is 2.38 bits per heavy atom. The smallest absolute Gasteiger partial charge is 0.349 e. The summed E-state index contributed by atoms with van der Waals surface area (Å²) in [5.41, 5.74) is 0.883. The third-order valence-electron chi connectivity index (χ3n) is 5.08. The molecule has 0 fully saturated rings. The van der Waals surface area contributed by atoms with Gasteiger partial charge in [0.2, 0.25) is 0 Å². The quantitative estimate of drug-likeness (QED) is 0.295. The molecule has 0 bridgehead atoms. The number of esters is 1. The lowest BCUT2D eigenvalue weighted by atomic mass is 10.0. The molecule has 1 N–H and O–H groups in total. The van der Waals surface area contributed by atoms with E-state index in [0.717, 1.165) is 16.9 Å². The van der Waals surface area contributed by atoms with E-state index >= 15 is 0 Å². The lowest BCUT2D eigenvalue weighted by molar-refractivity contribution is 0.0529. The number of thiophene rings is 1. The van der Waals surface area contributed by atoms with E-state index in [9.17, 15) is 14.4 Å². The SMILES string of the molecule is CCOC(=O)c1c(-c2ccc(OC)cc2)csc1NC(=O)c1cc2cc(OC)ccc2oc1=O. The number of carbonyl (C=O) groups is 2. The fourth-order valence-electron chi connectivity index (χ4n) is 3.40. The predicted octanol–water partition coefficient (Wildman–Crippen LogP) is 4.97. The molecule has 2 aromatic heterocycles. The van der Waals surface area contributed by atoms with E-state index in [-0.39, 0.29) is 22.7 Å². The molecule has 8 nitrogen and oxygen atoms in total. The molecule has 0 unspecified atom stereocenters. The van der Waals surface area contributed by atoms with E-state index < -0.39 is 17.5 Å². The molecule has 0 saturated carbocycles. The van der Waals surface area contributed by atoms with Gasteiger partial charge in [-0.25, -0.2) is 9.59 Å². The molecule has 0 atom stereocenters. The van der Waals surface area contributed by atoms with Crippen molar-refractivity contribution < 1.29 is 28.2 Å². The van der Waals surface area contributed by atoms with Crippen LogP contribution >= 0.6 is 11.3 Å². The summed E-state index contributed by atoms with van der Waals surface area (Å²) < 4.78 is 20.9. The molecule has 1 amide bonds. The van der Waals surface area contributed by atoms with Gasteiger partial charge >= 0.3 is 11.6 Å². The van der Waals surface area contributed by atoms with Crippen molar-refractivity contribution in [3.63, 3.8) is 0 Å². The van der Waals surface area contributed by atoms with Crippen LogP contribution < -0.4 is 20.4 Å². The highest BCUT2D eigenvalue weighted by Gasteiger charge is 2.24. The van der Waals surface area contributed by atoms with Gasteiger partial charge in [0.05, 0.1) is 20.8 Å². The van der Waals surface area contributed by atoms with Crippen molar-refractivity contribution >= 4 is 39.2 Å². The van der Waals surface area contributed by atoms with Crippen LogP contribution in [0.3, 0.4) is 0 Å². The van der Waals surface area contributed by atoms with Crippen molar-refractivity contribution in [3.05, 3.63) is 75.5 Å². The van der Waals surface area contributed by atoms with Gasteiger partial charge in [-0.2, -0.15) is 0 Å². The topological polar surface area (TPSA) is 104 Å². The van der Waals surface area contributed by atoms with Crippen LogP contribution in [0.25, 0.3) is 22.1 Å². The summed E-state index contributed by atoms with van der Waals surface area (Å²) in [6.07, 6.45) is 0. The van der Waals surface area contributed by atoms with Crippen molar-refractivity contribution in [1.29, 1.82) is 0 Å². The average molecular weight is 480 g/mol. The molecule has 0 spiro atoms. The average Bonchev–Trinajstić information content (AvgIpc) is 3.27. The Morgan fingerprint density at radius 2 is 1.71 bits per heavy atom. The molecule has 2 aromatic carbocycles. The number of carbonyl (C=O) groups excluding carboxylic acids is 2. The zero-order valence-electron chi connectivity index (χ0n) is 18.7. The Balaban J connectivity index is 1.72. The molecule has 0 aliphatic heterocycles. The van der Waals surface area contributed by atoms with Crippen LogP contribution in [-0.4, -0.2) is 32.7 Å². The number of hydrogen-bond acceptors (Lipinski definition) is 8. The number of hydrogen-bond donors (Lipinski definition) is 1. The fraction of sp³-hybridized carbons (Fsp3) is 0.160. The van der Waals surface area contributed by atoms with Crippen molar-refractivity contribution in [3.8, 4) is 22.6 Å². The van der Waals surface area contributed by atoms with Crippen LogP contribution in [0.2, 0.25) is 0 Å². The molecule has 34 heavy (non-hydrogen) atoms. The van der Waals surface area contributed by atoms with E-state index in [0.29, 0.717) is 28.0 Å². The maximum absolute atomic E-state index is 13.0. The second-order valence-corrected chi connectivity index (χ2v) is 7.99. The second-order valence-electron chi connectivity index (χ2n) is 7.11. The highest BCUT2D eigenvalue weighted by atomic mass is 32.1. The van der Waals surface area contributed by atoms with E-state index in [1.54, 1.807) is 61.9 Å². The zero-order valence-corrected chi connectivity index (χ0v) is 19.5. The first kappa shape index (κ1) is 23.1. The number of rotatable bonds is 7. The maximum Gasteiger partial charge on any atom is 0.349 e. The number of methoxy groups -OCH3 is 2. The van der Waals surface area contributed by atoms with Gasteiger partial charge < -0.3 is 23.9 Å². The minimum atomic E-state index is -0.792. The Labute approximate surface area is 198 Å². The third-order valence-corrected chi connectivity index (χ3v) is 5.98. The van der Waals surface area contributed by atoms with Gasteiger partial charge in [-0.05, 0) is 48.9 Å². The van der Waals surface area contributed by atoms with Crippen molar-refractivity contribution in [1.82, 2.24) is 0 Å². The summed E-state index contributed by atoms with van der Waals surface area (Å²) in [5, 5.41) is 5.21. The molecular weight excluding hydrogens is 458 g/mol. The van der Waals surface area contributed by atoms with Gasteiger partial charge in [0, 0.05) is 16.3 Å². The molecule has 0 saturated heterocycles. The summed E-state index contributed by atoms with van der Waals surface area (Å²) in [4.78, 5) is 38.3. The maximum atomic E-state index is 13.0. The van der Waals surface area contributed by atoms with Gasteiger partial charge in [0.15, 0.2) is 0 Å². The molecule has 2 heterocycles. The number of ether oxygens (including phenoxy) is 3. The van der Waals surface area contributed by atoms with Gasteiger partial charge in [-0.15, -0.1) is 11.3 Å². The monoisotopic (exact) mass is 479 g/mol. The first-order valence-electron chi connectivity index (χ1n) is 10.3. The van der Waals surface area contributed by atoms with Crippen molar-refractivity contribution in [2.45, 2.75) is 6.92 Å². The van der Waals surface area contributed by atoms with E-state index in [4.69, 9.17) is 18.6 Å². The largest absolute Gasteiger partial charge is 0.497 e. The highest BCUT2D eigenvalue weighted by molar-refractivity contribution is 7.15. The van der Waals surface area contributed by atoms with E-state index in [1.807, 2.05) is 0 Å². The molecule has 174 valence electrons. The molecule has 4 rings (SSSR count). The Kier molecular flexibility index (Phi) is 6.65. The van der Waals surface area contributed by atoms with Crippen LogP contribution in [-0.2, 0) is 4.74 Å². The molecule has 0 radical (unpaired) electrons. The van der Waals surface area contributed by atoms with Gasteiger partial charge in [0.25, 0.3) is 5.91 Å². The van der Waals surface area contributed by atoms with Crippen LogP contribution in [0.4, 0.5) is 5.00 Å². The number of amides is 1. The number of fused-ring (bicyclic) bond motifs is 1. The van der Waals surface area contributed by atoms with Crippen LogP contribution in [0.15, 0.2) is 63.1 Å². The van der Waals surface area contributed by atoms with Gasteiger partial charge in [0.1, 0.15) is 33.2 Å². The fourth-order valence-corrected chi connectivity index (χ4v) is 4.35. The second kappa shape index (κ2) is 9.80. The molecule has 0 aliphatic rings. The van der Waals surface area contributed by atoms with E-state index in [2.05, 4.69) is 5.32 Å². The molecule has 9 heteroatoms. The summed E-state index contributed by atoms with van der Waals surface area (Å²) >= 11 is 1.16. The lowest BCUT2D eigenvalue weighted by Crippen LogP contribution is -2.21. The molecular formula is C25H21NO7S. The predicted molar refractivity (Wildman–Crippen MR) is 129 cm³/mol. The summed E-state index contributed by atoms with van der Waals surface area (Å²) in [7, 11) is 3.08. The number of nitrogens with one attached hydrogen (secondary N) is 1. The first-order chi connectivity index (χ1) is 16.4. The third kappa shape index (κ3) is 4.51.